The fraction of sp³-hybridized carbons (Fsp3) is 0.294. The molecule has 0 aromatic heterocycles. The summed E-state index contributed by atoms with van der Waals surface area (Å²) in [6.07, 6.45) is 2.62. The molecule has 2 aromatic rings. The van der Waals surface area contributed by atoms with Crippen molar-refractivity contribution in [2.45, 2.75) is 32.0 Å². The molecule has 2 N–H and O–H groups in total. The Bertz CT molecular complexity index is 515. The lowest BCUT2D eigenvalue weighted by molar-refractivity contribution is 0.794. The number of benzene rings is 2. The lowest BCUT2D eigenvalue weighted by atomic mass is 10.1. The molecule has 3 rings (SSSR count). The molecule has 1 aliphatic carbocycles. The molecular formula is C17H20N2. The van der Waals surface area contributed by atoms with Crippen molar-refractivity contribution in [2.24, 2.45) is 5.73 Å². The lowest BCUT2D eigenvalue weighted by Gasteiger charge is -2.25. The minimum absolute atomic E-state index is 0.613. The molecular weight excluding hydrogens is 232 g/mol. The first-order chi connectivity index (χ1) is 9.36. The first-order valence-electron chi connectivity index (χ1n) is 6.96. The monoisotopic (exact) mass is 252 g/mol. The van der Waals surface area contributed by atoms with Gasteiger partial charge in [0.1, 0.15) is 0 Å². The van der Waals surface area contributed by atoms with Crippen LogP contribution in [0.3, 0.4) is 0 Å². The van der Waals surface area contributed by atoms with Crippen LogP contribution in [0.15, 0.2) is 54.6 Å². The van der Waals surface area contributed by atoms with Gasteiger partial charge in [-0.05, 0) is 36.1 Å². The van der Waals surface area contributed by atoms with Crippen LogP contribution < -0.4 is 10.6 Å². The predicted octanol–water partition coefficient (Wildman–Crippen LogP) is 3.31. The molecule has 1 fully saturated rings. The molecule has 2 nitrogen and oxygen atoms in total. The Morgan fingerprint density at radius 2 is 1.58 bits per heavy atom. The molecule has 2 heteroatoms. The van der Waals surface area contributed by atoms with E-state index in [9.17, 15) is 0 Å². The minimum Gasteiger partial charge on any atom is -0.364 e. The van der Waals surface area contributed by atoms with E-state index < -0.39 is 0 Å². The zero-order valence-corrected chi connectivity index (χ0v) is 11.1. The summed E-state index contributed by atoms with van der Waals surface area (Å²) in [4.78, 5) is 2.51. The third-order valence-electron chi connectivity index (χ3n) is 3.69. The smallest absolute Gasteiger partial charge is 0.0432 e. The highest BCUT2D eigenvalue weighted by atomic mass is 15.2. The van der Waals surface area contributed by atoms with Gasteiger partial charge in [-0.1, -0.05) is 42.5 Å². The van der Waals surface area contributed by atoms with Crippen molar-refractivity contribution < 1.29 is 0 Å². The first kappa shape index (κ1) is 12.2. The Balaban J connectivity index is 1.80. The van der Waals surface area contributed by atoms with E-state index in [1.165, 1.54) is 29.7 Å². The van der Waals surface area contributed by atoms with Crippen LogP contribution in [0.4, 0.5) is 5.69 Å². The summed E-state index contributed by atoms with van der Waals surface area (Å²) in [5.74, 6) is 0. The molecule has 0 radical (unpaired) electrons. The molecule has 0 bridgehead atoms. The molecule has 1 aliphatic rings. The van der Waals surface area contributed by atoms with Gasteiger partial charge in [0.2, 0.25) is 0 Å². The number of hydrogen-bond donors (Lipinski definition) is 1. The molecule has 0 unspecified atom stereocenters. The van der Waals surface area contributed by atoms with Crippen LogP contribution in [0, 0.1) is 0 Å². The van der Waals surface area contributed by atoms with Crippen LogP contribution >= 0.6 is 0 Å². The summed E-state index contributed by atoms with van der Waals surface area (Å²) in [6, 6.07) is 20.1. The van der Waals surface area contributed by atoms with Crippen LogP contribution in [-0.4, -0.2) is 6.04 Å². The maximum Gasteiger partial charge on any atom is 0.0432 e. The second kappa shape index (κ2) is 5.45. The summed E-state index contributed by atoms with van der Waals surface area (Å²) < 4.78 is 0. The van der Waals surface area contributed by atoms with E-state index in [0.717, 1.165) is 6.54 Å². The molecule has 19 heavy (non-hydrogen) atoms. The van der Waals surface area contributed by atoms with Crippen LogP contribution in [0.5, 0.6) is 0 Å². The highest BCUT2D eigenvalue weighted by Crippen LogP contribution is 2.33. The Kier molecular flexibility index (Phi) is 3.51. The van der Waals surface area contributed by atoms with Crippen molar-refractivity contribution in [1.82, 2.24) is 0 Å². The molecule has 0 heterocycles. The third kappa shape index (κ3) is 2.96. The van der Waals surface area contributed by atoms with E-state index in [2.05, 4.69) is 59.5 Å². The van der Waals surface area contributed by atoms with E-state index >= 15 is 0 Å². The zero-order valence-electron chi connectivity index (χ0n) is 11.1. The molecule has 0 saturated heterocycles. The summed E-state index contributed by atoms with van der Waals surface area (Å²) in [6.45, 7) is 1.61. The SMILES string of the molecule is NCc1ccc(N(Cc2ccccc2)C2CC2)cc1. The second-order valence-corrected chi connectivity index (χ2v) is 5.22. The number of nitrogens with zero attached hydrogens (tertiary/aromatic N) is 1. The molecule has 0 spiro atoms. The maximum atomic E-state index is 5.66. The Morgan fingerprint density at radius 1 is 0.895 bits per heavy atom. The zero-order chi connectivity index (χ0) is 13.1. The van der Waals surface area contributed by atoms with Gasteiger partial charge in [0.05, 0.1) is 0 Å². The van der Waals surface area contributed by atoms with Crippen molar-refractivity contribution in [2.75, 3.05) is 4.90 Å². The van der Waals surface area contributed by atoms with Crippen molar-refractivity contribution >= 4 is 5.69 Å². The van der Waals surface area contributed by atoms with Crippen molar-refractivity contribution in [3.05, 3.63) is 65.7 Å². The average Bonchev–Trinajstić information content (AvgIpc) is 3.31. The van der Waals surface area contributed by atoms with Gasteiger partial charge in [0, 0.05) is 24.8 Å². The lowest BCUT2D eigenvalue weighted by Crippen LogP contribution is -2.24. The molecule has 1 saturated carbocycles. The fourth-order valence-electron chi connectivity index (χ4n) is 2.42. The molecule has 2 aromatic carbocycles. The average molecular weight is 252 g/mol. The number of rotatable bonds is 5. The van der Waals surface area contributed by atoms with Crippen LogP contribution in [0.2, 0.25) is 0 Å². The second-order valence-electron chi connectivity index (χ2n) is 5.22. The molecule has 0 aliphatic heterocycles. The van der Waals surface area contributed by atoms with E-state index in [-0.39, 0.29) is 0 Å². The van der Waals surface area contributed by atoms with Crippen LogP contribution in [0.1, 0.15) is 24.0 Å². The number of hydrogen-bond acceptors (Lipinski definition) is 2. The fourth-order valence-corrected chi connectivity index (χ4v) is 2.42. The van der Waals surface area contributed by atoms with Gasteiger partial charge in [-0.25, -0.2) is 0 Å². The number of nitrogens with two attached hydrogens (primary N) is 1. The van der Waals surface area contributed by atoms with Crippen LogP contribution in [0.25, 0.3) is 0 Å². The van der Waals surface area contributed by atoms with Gasteiger partial charge in [0.25, 0.3) is 0 Å². The summed E-state index contributed by atoms with van der Waals surface area (Å²) in [5.41, 5.74) is 9.53. The topological polar surface area (TPSA) is 29.3 Å². The van der Waals surface area contributed by atoms with E-state index in [1.807, 2.05) is 0 Å². The molecule has 0 atom stereocenters. The van der Waals surface area contributed by atoms with Gasteiger partial charge in [-0.15, -0.1) is 0 Å². The summed E-state index contributed by atoms with van der Waals surface area (Å²) in [5, 5.41) is 0. The van der Waals surface area contributed by atoms with Crippen molar-refractivity contribution in [1.29, 1.82) is 0 Å². The highest BCUT2D eigenvalue weighted by Gasteiger charge is 2.29. The quantitative estimate of drug-likeness (QED) is 0.884. The minimum atomic E-state index is 0.613. The van der Waals surface area contributed by atoms with Gasteiger partial charge < -0.3 is 10.6 Å². The maximum absolute atomic E-state index is 5.66. The normalized spacial score (nSPS) is 14.4. The van der Waals surface area contributed by atoms with E-state index in [0.29, 0.717) is 12.6 Å². The van der Waals surface area contributed by atoms with Gasteiger partial charge >= 0.3 is 0 Å². The summed E-state index contributed by atoms with van der Waals surface area (Å²) >= 11 is 0. The van der Waals surface area contributed by atoms with Gasteiger partial charge in [0.15, 0.2) is 0 Å². The van der Waals surface area contributed by atoms with Gasteiger partial charge in [-0.2, -0.15) is 0 Å². The van der Waals surface area contributed by atoms with Crippen molar-refractivity contribution in [3.63, 3.8) is 0 Å². The largest absolute Gasteiger partial charge is 0.364 e. The van der Waals surface area contributed by atoms with E-state index in [1.54, 1.807) is 0 Å². The molecule has 98 valence electrons. The Hall–Kier alpha value is -1.80. The predicted molar refractivity (Wildman–Crippen MR) is 80.0 cm³/mol. The highest BCUT2D eigenvalue weighted by molar-refractivity contribution is 5.50. The summed E-state index contributed by atoms with van der Waals surface area (Å²) in [7, 11) is 0. The van der Waals surface area contributed by atoms with Crippen molar-refractivity contribution in [3.8, 4) is 0 Å². The van der Waals surface area contributed by atoms with Gasteiger partial charge in [-0.3, -0.25) is 0 Å². The third-order valence-corrected chi connectivity index (χ3v) is 3.69. The van der Waals surface area contributed by atoms with E-state index in [4.69, 9.17) is 5.73 Å². The Labute approximate surface area is 114 Å². The first-order valence-corrected chi connectivity index (χ1v) is 6.96. The molecule has 0 amide bonds. The van der Waals surface area contributed by atoms with Crippen LogP contribution in [-0.2, 0) is 13.1 Å². The Morgan fingerprint density at radius 3 is 2.16 bits per heavy atom. The number of anilines is 1. The standard InChI is InChI=1S/C17H20N2/c18-12-14-6-8-16(9-7-14)19(17-10-11-17)13-15-4-2-1-3-5-15/h1-9,17H,10-13,18H2.